The smallest absolute Gasteiger partial charge is 0.0958 e. The van der Waals surface area contributed by atoms with E-state index in [1.54, 1.807) is 0 Å². The van der Waals surface area contributed by atoms with Crippen molar-refractivity contribution in [2.45, 2.75) is 53.2 Å². The average Bonchev–Trinajstić information content (AvgIpc) is 2.09. The fourth-order valence-electron chi connectivity index (χ4n) is 1.23. The second kappa shape index (κ2) is 6.46. The van der Waals surface area contributed by atoms with E-state index in [0.29, 0.717) is 12.5 Å². The third-order valence-corrected chi connectivity index (χ3v) is 2.56. The Morgan fingerprint density at radius 3 is 2.13 bits per heavy atom. The Morgan fingerprint density at radius 2 is 1.80 bits per heavy atom. The van der Waals surface area contributed by atoms with E-state index in [1.165, 1.54) is 0 Å². The number of aliphatic hydroxyl groups is 1. The maximum absolute atomic E-state index is 9.17. The molecule has 15 heavy (non-hydrogen) atoms. The number of ether oxygens (including phenoxy) is 1. The Morgan fingerprint density at radius 1 is 1.27 bits per heavy atom. The topological polar surface area (TPSA) is 55.5 Å². The van der Waals surface area contributed by atoms with Crippen LogP contribution >= 0.6 is 0 Å². The highest BCUT2D eigenvalue weighted by Crippen LogP contribution is 2.19. The second-order valence-corrected chi connectivity index (χ2v) is 5.72. The maximum atomic E-state index is 9.17. The quantitative estimate of drug-likeness (QED) is 0.713. The largest absolute Gasteiger partial charge is 0.394 e. The van der Waals surface area contributed by atoms with Crippen molar-refractivity contribution >= 4 is 0 Å². The van der Waals surface area contributed by atoms with Crippen LogP contribution < -0.4 is 5.73 Å². The predicted octanol–water partition coefficient (Wildman–Crippen LogP) is 1.78. The van der Waals surface area contributed by atoms with Crippen molar-refractivity contribution in [1.29, 1.82) is 0 Å². The van der Waals surface area contributed by atoms with Crippen LogP contribution in [0.3, 0.4) is 0 Å². The monoisotopic (exact) mass is 217 g/mol. The Kier molecular flexibility index (Phi) is 6.41. The number of hydrogen-bond acceptors (Lipinski definition) is 3. The normalized spacial score (nSPS) is 16.8. The predicted molar refractivity (Wildman–Crippen MR) is 63.7 cm³/mol. The van der Waals surface area contributed by atoms with Crippen molar-refractivity contribution in [3.8, 4) is 0 Å². The lowest BCUT2D eigenvalue weighted by Gasteiger charge is -2.27. The molecule has 0 aromatic rings. The van der Waals surface area contributed by atoms with E-state index >= 15 is 0 Å². The van der Waals surface area contributed by atoms with Gasteiger partial charge in [0.25, 0.3) is 0 Å². The van der Waals surface area contributed by atoms with E-state index in [-0.39, 0.29) is 24.2 Å². The Balaban J connectivity index is 3.91. The first-order chi connectivity index (χ1) is 6.78. The minimum Gasteiger partial charge on any atom is -0.394 e. The molecule has 0 spiro atoms. The summed E-state index contributed by atoms with van der Waals surface area (Å²) in [6.07, 6.45) is 0.751. The van der Waals surface area contributed by atoms with Crippen LogP contribution in [-0.4, -0.2) is 30.5 Å². The third kappa shape index (κ3) is 6.88. The first-order valence-corrected chi connectivity index (χ1v) is 5.76. The van der Waals surface area contributed by atoms with Gasteiger partial charge in [0.05, 0.1) is 12.7 Å². The summed E-state index contributed by atoms with van der Waals surface area (Å²) in [5.41, 5.74) is 6.20. The molecule has 0 aliphatic carbocycles. The highest BCUT2D eigenvalue weighted by Gasteiger charge is 2.21. The molecule has 0 radical (unpaired) electrons. The molecule has 3 nitrogen and oxygen atoms in total. The summed E-state index contributed by atoms with van der Waals surface area (Å²) in [7, 11) is 0. The van der Waals surface area contributed by atoms with Gasteiger partial charge in [-0.25, -0.2) is 0 Å². The van der Waals surface area contributed by atoms with Crippen molar-refractivity contribution in [2.75, 3.05) is 13.2 Å². The van der Waals surface area contributed by atoms with Crippen molar-refractivity contribution in [2.24, 2.45) is 17.1 Å². The summed E-state index contributed by atoms with van der Waals surface area (Å²) in [5, 5.41) is 9.17. The zero-order chi connectivity index (χ0) is 12.1. The van der Waals surface area contributed by atoms with Gasteiger partial charge in [-0.15, -0.1) is 0 Å². The standard InChI is InChI=1S/C12H27NO2/c1-9(2)11(13)10(8-14)15-7-6-12(3,4)5/h9-11,14H,6-8,13H2,1-5H3. The van der Waals surface area contributed by atoms with Crippen molar-refractivity contribution in [3.63, 3.8) is 0 Å². The lowest BCUT2D eigenvalue weighted by Crippen LogP contribution is -2.43. The second-order valence-electron chi connectivity index (χ2n) is 5.72. The Labute approximate surface area is 94.0 Å². The molecule has 0 amide bonds. The van der Waals surface area contributed by atoms with Crippen LogP contribution in [0, 0.1) is 11.3 Å². The SMILES string of the molecule is CC(C)C(N)C(CO)OCCC(C)(C)C. The molecule has 0 rings (SSSR count). The van der Waals surface area contributed by atoms with Crippen LogP contribution in [0.4, 0.5) is 0 Å². The Hall–Kier alpha value is -0.120. The zero-order valence-corrected chi connectivity index (χ0v) is 10.8. The summed E-state index contributed by atoms with van der Waals surface area (Å²) >= 11 is 0. The van der Waals surface area contributed by atoms with E-state index < -0.39 is 0 Å². The van der Waals surface area contributed by atoms with Gasteiger partial charge in [0.2, 0.25) is 0 Å². The molecule has 0 aromatic carbocycles. The molecule has 0 bridgehead atoms. The molecule has 3 heteroatoms. The van der Waals surface area contributed by atoms with E-state index in [9.17, 15) is 0 Å². The average molecular weight is 217 g/mol. The summed E-state index contributed by atoms with van der Waals surface area (Å²) in [4.78, 5) is 0. The summed E-state index contributed by atoms with van der Waals surface area (Å²) in [5.74, 6) is 0.330. The Bertz CT molecular complexity index is 163. The highest BCUT2D eigenvalue weighted by molar-refractivity contribution is 4.76. The van der Waals surface area contributed by atoms with E-state index in [1.807, 2.05) is 13.8 Å². The van der Waals surface area contributed by atoms with Crippen LogP contribution in [0.2, 0.25) is 0 Å². The molecule has 0 aliphatic rings. The number of nitrogens with two attached hydrogens (primary N) is 1. The molecule has 0 heterocycles. The lowest BCUT2D eigenvalue weighted by molar-refractivity contribution is -0.0196. The summed E-state index contributed by atoms with van der Waals surface area (Å²) < 4.78 is 5.62. The van der Waals surface area contributed by atoms with Gasteiger partial charge in [-0.1, -0.05) is 34.6 Å². The van der Waals surface area contributed by atoms with Gasteiger partial charge in [0.15, 0.2) is 0 Å². The van der Waals surface area contributed by atoms with Crippen LogP contribution in [-0.2, 0) is 4.74 Å². The van der Waals surface area contributed by atoms with Gasteiger partial charge in [-0.2, -0.15) is 0 Å². The molecule has 0 aliphatic heterocycles. The molecule has 2 atom stereocenters. The molecule has 0 aromatic heterocycles. The number of aliphatic hydroxyl groups excluding tert-OH is 1. The van der Waals surface area contributed by atoms with E-state index in [4.69, 9.17) is 15.6 Å². The molecular formula is C12H27NO2. The fraction of sp³-hybridized carbons (Fsp3) is 1.00. The molecular weight excluding hydrogens is 190 g/mol. The van der Waals surface area contributed by atoms with Gasteiger partial charge in [0, 0.05) is 12.6 Å². The molecule has 2 unspecified atom stereocenters. The van der Waals surface area contributed by atoms with E-state index in [0.717, 1.165) is 6.42 Å². The molecule has 0 fully saturated rings. The van der Waals surface area contributed by atoms with Crippen LogP contribution in [0.25, 0.3) is 0 Å². The fourth-order valence-corrected chi connectivity index (χ4v) is 1.23. The highest BCUT2D eigenvalue weighted by atomic mass is 16.5. The van der Waals surface area contributed by atoms with Gasteiger partial charge < -0.3 is 15.6 Å². The van der Waals surface area contributed by atoms with Crippen LogP contribution in [0.1, 0.15) is 41.0 Å². The van der Waals surface area contributed by atoms with Crippen molar-refractivity contribution < 1.29 is 9.84 Å². The first-order valence-electron chi connectivity index (χ1n) is 5.76. The first kappa shape index (κ1) is 14.9. The molecule has 3 N–H and O–H groups in total. The van der Waals surface area contributed by atoms with Crippen molar-refractivity contribution in [3.05, 3.63) is 0 Å². The van der Waals surface area contributed by atoms with Crippen LogP contribution in [0.5, 0.6) is 0 Å². The van der Waals surface area contributed by atoms with Gasteiger partial charge in [0.1, 0.15) is 0 Å². The van der Waals surface area contributed by atoms with Gasteiger partial charge in [-0.3, -0.25) is 0 Å². The molecule has 0 saturated heterocycles. The van der Waals surface area contributed by atoms with Crippen molar-refractivity contribution in [1.82, 2.24) is 0 Å². The molecule has 0 saturated carbocycles. The third-order valence-electron chi connectivity index (χ3n) is 2.56. The lowest BCUT2D eigenvalue weighted by atomic mass is 9.93. The van der Waals surface area contributed by atoms with Gasteiger partial charge in [-0.05, 0) is 17.8 Å². The van der Waals surface area contributed by atoms with Crippen LogP contribution in [0.15, 0.2) is 0 Å². The summed E-state index contributed by atoms with van der Waals surface area (Å²) in [6, 6.07) is -0.0880. The van der Waals surface area contributed by atoms with E-state index in [2.05, 4.69) is 20.8 Å². The number of hydrogen-bond donors (Lipinski definition) is 2. The van der Waals surface area contributed by atoms with Gasteiger partial charge >= 0.3 is 0 Å². The zero-order valence-electron chi connectivity index (χ0n) is 10.8. The minimum atomic E-state index is -0.229. The maximum Gasteiger partial charge on any atom is 0.0958 e. The summed E-state index contributed by atoms with van der Waals surface area (Å²) in [6.45, 7) is 11.3. The molecule has 92 valence electrons. The minimum absolute atomic E-state index is 0.00346. The number of rotatable bonds is 6.